The number of anilines is 1. The third kappa shape index (κ3) is 3.32. The van der Waals surface area contributed by atoms with E-state index in [9.17, 15) is 4.79 Å². The molecule has 0 aliphatic carbocycles. The minimum absolute atomic E-state index is 0.0802. The highest BCUT2D eigenvalue weighted by Gasteiger charge is 2.35. The van der Waals surface area contributed by atoms with Gasteiger partial charge in [0.15, 0.2) is 5.11 Å². The molecule has 3 rings (SSSR count). The fourth-order valence-corrected chi connectivity index (χ4v) is 3.70. The summed E-state index contributed by atoms with van der Waals surface area (Å²) in [7, 11) is 3.48. The molecule has 1 aliphatic rings. The number of nitrogens with zero attached hydrogens (tertiary/aromatic N) is 2. The van der Waals surface area contributed by atoms with Gasteiger partial charge in [0.1, 0.15) is 0 Å². The first-order chi connectivity index (χ1) is 12.4. The second kappa shape index (κ2) is 7.48. The number of likely N-dealkylation sites (N-methyl/N-ethyl adjacent to an activating group) is 1. The molecule has 134 valence electrons. The number of allylic oxidation sites excluding steroid dienone is 1. The summed E-state index contributed by atoms with van der Waals surface area (Å²) in [6, 6.07) is 16.9. The van der Waals surface area contributed by atoms with E-state index in [-0.39, 0.29) is 5.91 Å². The number of thiocarbonyl (C=S) groups is 1. The fourth-order valence-electron chi connectivity index (χ4n) is 3.09. The summed E-state index contributed by atoms with van der Waals surface area (Å²) >= 11 is 12.0. The van der Waals surface area contributed by atoms with Gasteiger partial charge in [-0.15, -0.1) is 0 Å². The number of benzene rings is 2. The van der Waals surface area contributed by atoms with Gasteiger partial charge in [0.05, 0.1) is 11.6 Å². The predicted octanol–water partition coefficient (Wildman–Crippen LogP) is 4.14. The van der Waals surface area contributed by atoms with E-state index in [2.05, 4.69) is 5.32 Å². The topological polar surface area (TPSA) is 35.6 Å². The van der Waals surface area contributed by atoms with Gasteiger partial charge in [0, 0.05) is 30.5 Å². The molecule has 0 aromatic heterocycles. The van der Waals surface area contributed by atoms with Gasteiger partial charge in [-0.25, -0.2) is 0 Å². The average molecular weight is 386 g/mol. The number of para-hydroxylation sites is 1. The van der Waals surface area contributed by atoms with Crippen molar-refractivity contribution >= 4 is 40.5 Å². The second-order valence-electron chi connectivity index (χ2n) is 6.27. The van der Waals surface area contributed by atoms with Gasteiger partial charge < -0.3 is 10.2 Å². The maximum absolute atomic E-state index is 13.0. The molecule has 0 saturated carbocycles. The molecule has 1 unspecified atom stereocenters. The lowest BCUT2D eigenvalue weighted by Crippen LogP contribution is -2.49. The van der Waals surface area contributed by atoms with Gasteiger partial charge in [-0.3, -0.25) is 9.69 Å². The minimum atomic E-state index is -0.397. The number of halogens is 1. The van der Waals surface area contributed by atoms with Crippen molar-refractivity contribution in [2.24, 2.45) is 0 Å². The smallest absolute Gasteiger partial charge is 0.253 e. The summed E-state index contributed by atoms with van der Waals surface area (Å²) in [5.74, 6) is -0.0802. The average Bonchev–Trinajstić information content (AvgIpc) is 2.62. The number of nitrogens with one attached hydrogen (secondary N) is 1. The van der Waals surface area contributed by atoms with Crippen molar-refractivity contribution in [1.29, 1.82) is 0 Å². The van der Waals surface area contributed by atoms with Crippen LogP contribution in [0.2, 0.25) is 5.02 Å². The maximum atomic E-state index is 13.0. The van der Waals surface area contributed by atoms with E-state index in [0.29, 0.717) is 15.7 Å². The maximum Gasteiger partial charge on any atom is 0.253 e. The summed E-state index contributed by atoms with van der Waals surface area (Å²) < 4.78 is 0. The molecule has 2 aromatic carbocycles. The van der Waals surface area contributed by atoms with Crippen LogP contribution in [0, 0.1) is 0 Å². The Kier molecular flexibility index (Phi) is 5.30. The van der Waals surface area contributed by atoms with Crippen LogP contribution >= 0.6 is 23.8 Å². The summed E-state index contributed by atoms with van der Waals surface area (Å²) in [5.41, 5.74) is 3.15. The van der Waals surface area contributed by atoms with Crippen LogP contribution in [-0.4, -0.2) is 30.0 Å². The van der Waals surface area contributed by atoms with Crippen molar-refractivity contribution in [2.45, 2.75) is 13.0 Å². The highest BCUT2D eigenvalue weighted by Crippen LogP contribution is 2.36. The summed E-state index contributed by atoms with van der Waals surface area (Å²) in [6.07, 6.45) is 0. The summed E-state index contributed by atoms with van der Waals surface area (Å²) in [4.78, 5) is 16.5. The highest BCUT2D eigenvalue weighted by atomic mass is 35.5. The predicted molar refractivity (Wildman–Crippen MR) is 110 cm³/mol. The Morgan fingerprint density at radius 3 is 2.35 bits per heavy atom. The van der Waals surface area contributed by atoms with Crippen LogP contribution in [0.25, 0.3) is 0 Å². The number of amides is 1. The van der Waals surface area contributed by atoms with Gasteiger partial charge in [0.25, 0.3) is 5.91 Å². The second-order valence-corrected chi connectivity index (χ2v) is 7.07. The monoisotopic (exact) mass is 385 g/mol. The van der Waals surface area contributed by atoms with Crippen LogP contribution in [0.15, 0.2) is 65.9 Å². The van der Waals surface area contributed by atoms with Crippen molar-refractivity contribution in [3.05, 3.63) is 76.5 Å². The largest absolute Gasteiger partial charge is 0.351 e. The van der Waals surface area contributed by atoms with Crippen LogP contribution in [0.5, 0.6) is 0 Å². The highest BCUT2D eigenvalue weighted by molar-refractivity contribution is 7.80. The van der Waals surface area contributed by atoms with E-state index in [1.54, 1.807) is 19.0 Å². The summed E-state index contributed by atoms with van der Waals surface area (Å²) in [5, 5.41) is 4.44. The number of rotatable bonds is 3. The Hall–Kier alpha value is -2.37. The molecule has 0 spiro atoms. The number of hydrogen-bond acceptors (Lipinski definition) is 2. The van der Waals surface area contributed by atoms with E-state index in [4.69, 9.17) is 23.8 Å². The molecule has 1 heterocycles. The lowest BCUT2D eigenvalue weighted by Gasteiger charge is -2.38. The fraction of sp³-hybridized carbons (Fsp3) is 0.200. The summed E-state index contributed by atoms with van der Waals surface area (Å²) in [6.45, 7) is 1.92. The van der Waals surface area contributed by atoms with Crippen LogP contribution < -0.4 is 10.2 Å². The van der Waals surface area contributed by atoms with E-state index in [1.165, 1.54) is 0 Å². The Bertz CT molecular complexity index is 880. The third-order valence-corrected chi connectivity index (χ3v) is 5.00. The normalized spacial score (nSPS) is 17.2. The van der Waals surface area contributed by atoms with Crippen LogP contribution in [0.4, 0.5) is 5.69 Å². The molecule has 0 bridgehead atoms. The van der Waals surface area contributed by atoms with Gasteiger partial charge in [0.2, 0.25) is 0 Å². The SMILES string of the molecule is CC1=C(C(=O)N(C)C)C(c2ccccc2Cl)NC(=S)N1c1ccccc1. The quantitative estimate of drug-likeness (QED) is 0.805. The molecule has 4 nitrogen and oxygen atoms in total. The third-order valence-electron chi connectivity index (χ3n) is 4.35. The van der Waals surface area contributed by atoms with Crippen molar-refractivity contribution in [3.8, 4) is 0 Å². The van der Waals surface area contributed by atoms with E-state index >= 15 is 0 Å². The van der Waals surface area contributed by atoms with E-state index in [1.807, 2.05) is 66.4 Å². The van der Waals surface area contributed by atoms with Crippen molar-refractivity contribution in [1.82, 2.24) is 10.2 Å². The minimum Gasteiger partial charge on any atom is -0.351 e. The molecule has 26 heavy (non-hydrogen) atoms. The van der Waals surface area contributed by atoms with Crippen LogP contribution in [0.3, 0.4) is 0 Å². The zero-order valence-electron chi connectivity index (χ0n) is 14.9. The number of hydrogen-bond donors (Lipinski definition) is 1. The Morgan fingerprint density at radius 2 is 1.73 bits per heavy atom. The first kappa shape index (κ1) is 18.4. The molecule has 1 atom stereocenters. The molecule has 0 radical (unpaired) electrons. The molecular weight excluding hydrogens is 366 g/mol. The first-order valence-electron chi connectivity index (χ1n) is 8.24. The molecule has 2 aromatic rings. The van der Waals surface area contributed by atoms with Gasteiger partial charge in [-0.1, -0.05) is 48.0 Å². The van der Waals surface area contributed by atoms with Crippen LogP contribution in [-0.2, 0) is 4.79 Å². The molecule has 1 aliphatic heterocycles. The van der Waals surface area contributed by atoms with Crippen molar-refractivity contribution < 1.29 is 4.79 Å². The molecule has 1 amide bonds. The molecular formula is C20H20ClN3OS. The van der Waals surface area contributed by atoms with E-state index in [0.717, 1.165) is 16.9 Å². The molecule has 1 N–H and O–H groups in total. The van der Waals surface area contributed by atoms with Gasteiger partial charge in [-0.05, 0) is 42.9 Å². The molecule has 6 heteroatoms. The lowest BCUT2D eigenvalue weighted by atomic mass is 9.93. The Labute approximate surface area is 164 Å². The first-order valence-corrected chi connectivity index (χ1v) is 9.03. The lowest BCUT2D eigenvalue weighted by molar-refractivity contribution is -0.125. The molecule has 0 fully saturated rings. The Morgan fingerprint density at radius 1 is 1.12 bits per heavy atom. The van der Waals surface area contributed by atoms with Crippen molar-refractivity contribution in [3.63, 3.8) is 0 Å². The zero-order valence-corrected chi connectivity index (χ0v) is 16.4. The van der Waals surface area contributed by atoms with Crippen molar-refractivity contribution in [2.75, 3.05) is 19.0 Å². The van der Waals surface area contributed by atoms with Gasteiger partial charge >= 0.3 is 0 Å². The van der Waals surface area contributed by atoms with Crippen LogP contribution in [0.1, 0.15) is 18.5 Å². The molecule has 0 saturated heterocycles. The van der Waals surface area contributed by atoms with E-state index < -0.39 is 6.04 Å². The zero-order chi connectivity index (χ0) is 18.8. The number of carbonyl (C=O) groups excluding carboxylic acids is 1. The van der Waals surface area contributed by atoms with Gasteiger partial charge in [-0.2, -0.15) is 0 Å². The number of carbonyl (C=O) groups is 1. The Balaban J connectivity index is 2.19. The standard InChI is InChI=1S/C20H20ClN3OS/c1-13-17(19(25)23(2)3)18(15-11-7-8-12-16(15)21)22-20(26)24(13)14-9-5-4-6-10-14/h4-12,18H,1-3H3,(H,22,26).